The summed E-state index contributed by atoms with van der Waals surface area (Å²) in [7, 11) is 4.18. The van der Waals surface area contributed by atoms with Crippen LogP contribution in [-0.2, 0) is 11.3 Å². The SMILES string of the molecule is CCCCC(c1cc(C)nc(NC(=O)C2c3ccccc3C(=O)N2C2CCN(Cc3ccc(Cl)c(C)c3)CC2)c1)N(C)C. The van der Waals surface area contributed by atoms with Crippen LogP contribution in [0.1, 0.15) is 89.4 Å². The van der Waals surface area contributed by atoms with Gasteiger partial charge >= 0.3 is 0 Å². The van der Waals surface area contributed by atoms with Crippen LogP contribution in [0.5, 0.6) is 0 Å². The molecule has 8 heteroatoms. The molecule has 2 aromatic carbocycles. The number of rotatable bonds is 10. The molecule has 2 aliphatic heterocycles. The predicted octanol–water partition coefficient (Wildman–Crippen LogP) is 6.94. The third kappa shape index (κ3) is 6.95. The standard InChI is InChI=1S/C35H44ClN5O2/c1-6-7-12-31(39(4)5)26-20-24(3)37-32(21-26)38-34(42)33-28-10-8-9-11-29(28)35(43)41(33)27-15-17-40(18-16-27)22-25-13-14-30(36)23(2)19-25/h8-11,13-14,19-21,27,31,33H,6-7,12,15-18,22H2,1-5H3,(H,37,38,42). The van der Waals surface area contributed by atoms with E-state index in [0.717, 1.165) is 79.1 Å². The number of pyridine rings is 1. The Morgan fingerprint density at radius 1 is 1.09 bits per heavy atom. The van der Waals surface area contributed by atoms with Crippen LogP contribution in [0.25, 0.3) is 0 Å². The Bertz CT molecular complexity index is 1470. The molecule has 0 radical (unpaired) electrons. The van der Waals surface area contributed by atoms with Gasteiger partial charge in [-0.1, -0.05) is 61.7 Å². The Labute approximate surface area is 261 Å². The van der Waals surface area contributed by atoms with Crippen molar-refractivity contribution in [2.75, 3.05) is 32.5 Å². The molecular weight excluding hydrogens is 558 g/mol. The monoisotopic (exact) mass is 601 g/mol. The second kappa shape index (κ2) is 13.6. The number of anilines is 1. The fourth-order valence-electron chi connectivity index (χ4n) is 6.67. The second-order valence-corrected chi connectivity index (χ2v) is 12.7. The molecule has 3 aromatic rings. The Kier molecular flexibility index (Phi) is 9.85. The molecule has 1 fully saturated rings. The Morgan fingerprint density at radius 3 is 2.53 bits per heavy atom. The van der Waals surface area contributed by atoms with Gasteiger partial charge in [-0.05, 0) is 93.7 Å². The number of unbranched alkanes of at least 4 members (excludes halogenated alkanes) is 1. The number of hydrogen-bond donors (Lipinski definition) is 1. The van der Waals surface area contributed by atoms with Crippen molar-refractivity contribution in [1.29, 1.82) is 0 Å². The number of amides is 2. The van der Waals surface area contributed by atoms with Gasteiger partial charge in [-0.25, -0.2) is 4.98 Å². The third-order valence-corrected chi connectivity index (χ3v) is 9.32. The molecule has 1 N–H and O–H groups in total. The highest BCUT2D eigenvalue weighted by Gasteiger charge is 2.45. The quantitative estimate of drug-likeness (QED) is 0.272. The maximum Gasteiger partial charge on any atom is 0.255 e. The van der Waals surface area contributed by atoms with Crippen LogP contribution in [0.3, 0.4) is 0 Å². The molecule has 1 aromatic heterocycles. The van der Waals surface area contributed by atoms with Crippen LogP contribution in [0, 0.1) is 13.8 Å². The van der Waals surface area contributed by atoms with E-state index in [2.05, 4.69) is 59.3 Å². The lowest BCUT2D eigenvalue weighted by molar-refractivity contribution is -0.121. The van der Waals surface area contributed by atoms with Gasteiger partial charge in [0.05, 0.1) is 0 Å². The normalized spacial score (nSPS) is 18.3. The summed E-state index contributed by atoms with van der Waals surface area (Å²) in [6.45, 7) is 8.75. The van der Waals surface area contributed by atoms with Gasteiger partial charge < -0.3 is 15.1 Å². The number of nitrogens with zero attached hydrogens (tertiary/aromatic N) is 4. The summed E-state index contributed by atoms with van der Waals surface area (Å²) in [5, 5.41) is 3.90. The molecule has 228 valence electrons. The zero-order valence-electron chi connectivity index (χ0n) is 26.1. The van der Waals surface area contributed by atoms with Crippen LogP contribution in [0.4, 0.5) is 5.82 Å². The molecular formula is C35H44ClN5O2. The van der Waals surface area contributed by atoms with Crippen molar-refractivity contribution >= 4 is 29.2 Å². The predicted molar refractivity (Wildman–Crippen MR) is 173 cm³/mol. The minimum atomic E-state index is -0.685. The molecule has 43 heavy (non-hydrogen) atoms. The van der Waals surface area contributed by atoms with Crippen LogP contribution in [0.2, 0.25) is 5.02 Å². The van der Waals surface area contributed by atoms with Crippen molar-refractivity contribution < 1.29 is 9.59 Å². The number of carbonyl (C=O) groups excluding carboxylic acids is 2. The molecule has 0 bridgehead atoms. The van der Waals surface area contributed by atoms with Crippen LogP contribution in [-0.4, -0.2) is 64.7 Å². The van der Waals surface area contributed by atoms with Crippen molar-refractivity contribution in [3.63, 3.8) is 0 Å². The van der Waals surface area contributed by atoms with Crippen molar-refractivity contribution in [2.45, 2.75) is 77.5 Å². The maximum absolute atomic E-state index is 14.1. The molecule has 0 spiro atoms. The lowest BCUT2D eigenvalue weighted by Gasteiger charge is -2.39. The molecule has 2 amide bonds. The van der Waals surface area contributed by atoms with E-state index in [1.54, 1.807) is 0 Å². The molecule has 1 saturated heterocycles. The van der Waals surface area contributed by atoms with E-state index in [1.807, 2.05) is 55.1 Å². The zero-order valence-corrected chi connectivity index (χ0v) is 26.8. The first kappa shape index (κ1) is 31.2. The fourth-order valence-corrected chi connectivity index (χ4v) is 6.78. The average Bonchev–Trinajstić information content (AvgIpc) is 3.27. The summed E-state index contributed by atoms with van der Waals surface area (Å²) >= 11 is 6.23. The van der Waals surface area contributed by atoms with Gasteiger partial charge in [-0.15, -0.1) is 0 Å². The summed E-state index contributed by atoms with van der Waals surface area (Å²) in [5.74, 6) is 0.261. The maximum atomic E-state index is 14.1. The van der Waals surface area contributed by atoms with Gasteiger partial charge in [0.1, 0.15) is 11.9 Å². The Balaban J connectivity index is 1.34. The highest BCUT2D eigenvalue weighted by Crippen LogP contribution is 2.39. The summed E-state index contributed by atoms with van der Waals surface area (Å²) in [6, 6.07) is 17.4. The second-order valence-electron chi connectivity index (χ2n) is 12.3. The van der Waals surface area contributed by atoms with Crippen molar-refractivity contribution in [3.8, 4) is 0 Å². The van der Waals surface area contributed by atoms with Crippen molar-refractivity contribution in [2.24, 2.45) is 0 Å². The summed E-state index contributed by atoms with van der Waals surface area (Å²) in [6.07, 6.45) is 4.91. The lowest BCUT2D eigenvalue weighted by atomic mass is 9.99. The lowest BCUT2D eigenvalue weighted by Crippen LogP contribution is -2.48. The number of halogens is 1. The first-order chi connectivity index (χ1) is 20.7. The molecule has 5 rings (SSSR count). The smallest absolute Gasteiger partial charge is 0.255 e. The number of fused-ring (bicyclic) bond motifs is 1. The number of carbonyl (C=O) groups is 2. The topological polar surface area (TPSA) is 68.8 Å². The minimum absolute atomic E-state index is 0.0213. The Hall–Kier alpha value is -3.26. The van der Waals surface area contributed by atoms with Gasteiger partial charge in [0.2, 0.25) is 0 Å². The summed E-state index contributed by atoms with van der Waals surface area (Å²) < 4.78 is 0. The fraction of sp³-hybridized carbons (Fsp3) is 0.457. The van der Waals surface area contributed by atoms with Crippen LogP contribution < -0.4 is 5.32 Å². The molecule has 2 unspecified atom stereocenters. The number of likely N-dealkylation sites (tertiary alicyclic amines) is 1. The van der Waals surface area contributed by atoms with Crippen molar-refractivity contribution in [3.05, 3.63) is 93.1 Å². The van der Waals surface area contributed by atoms with E-state index in [4.69, 9.17) is 11.6 Å². The highest BCUT2D eigenvalue weighted by atomic mass is 35.5. The largest absolute Gasteiger partial charge is 0.319 e. The van der Waals surface area contributed by atoms with Gasteiger partial charge in [-0.3, -0.25) is 14.5 Å². The number of nitrogens with one attached hydrogen (secondary N) is 1. The van der Waals surface area contributed by atoms with E-state index in [1.165, 1.54) is 5.56 Å². The van der Waals surface area contributed by atoms with Gasteiger partial charge in [-0.2, -0.15) is 0 Å². The molecule has 3 heterocycles. The number of aryl methyl sites for hydroxylation is 2. The third-order valence-electron chi connectivity index (χ3n) is 8.89. The first-order valence-corrected chi connectivity index (χ1v) is 15.9. The van der Waals surface area contributed by atoms with E-state index >= 15 is 0 Å². The molecule has 2 aliphatic rings. The number of aromatic nitrogens is 1. The molecule has 2 atom stereocenters. The molecule has 7 nitrogen and oxygen atoms in total. The van der Waals surface area contributed by atoms with Gasteiger partial charge in [0, 0.05) is 48.0 Å². The minimum Gasteiger partial charge on any atom is -0.319 e. The van der Waals surface area contributed by atoms with Crippen molar-refractivity contribution in [1.82, 2.24) is 19.7 Å². The first-order valence-electron chi connectivity index (χ1n) is 15.5. The molecule has 0 saturated carbocycles. The number of piperidine rings is 1. The van der Waals surface area contributed by atoms with Gasteiger partial charge in [0.15, 0.2) is 0 Å². The van der Waals surface area contributed by atoms with Gasteiger partial charge in [0.25, 0.3) is 11.8 Å². The van der Waals surface area contributed by atoms with Crippen LogP contribution in [0.15, 0.2) is 54.6 Å². The van der Waals surface area contributed by atoms with E-state index in [0.29, 0.717) is 11.4 Å². The highest BCUT2D eigenvalue weighted by molar-refractivity contribution is 6.31. The average molecular weight is 602 g/mol. The van der Waals surface area contributed by atoms with E-state index in [9.17, 15) is 9.59 Å². The van der Waals surface area contributed by atoms with Crippen LogP contribution >= 0.6 is 11.6 Å². The van der Waals surface area contributed by atoms with E-state index in [-0.39, 0.29) is 23.9 Å². The number of hydrogen-bond acceptors (Lipinski definition) is 5. The summed E-state index contributed by atoms with van der Waals surface area (Å²) in [5.41, 5.74) is 5.71. The number of benzene rings is 2. The molecule has 0 aliphatic carbocycles. The summed E-state index contributed by atoms with van der Waals surface area (Å²) in [4.78, 5) is 39.0. The van der Waals surface area contributed by atoms with E-state index < -0.39 is 6.04 Å². The Morgan fingerprint density at radius 2 is 1.84 bits per heavy atom. The zero-order chi connectivity index (χ0) is 30.7.